The van der Waals surface area contributed by atoms with Gasteiger partial charge in [0, 0.05) is 31.5 Å². The van der Waals surface area contributed by atoms with Crippen LogP contribution in [0, 0.1) is 6.92 Å². The first-order valence-corrected chi connectivity index (χ1v) is 7.56. The highest BCUT2D eigenvalue weighted by molar-refractivity contribution is 5.99. The van der Waals surface area contributed by atoms with Gasteiger partial charge in [0.2, 0.25) is 5.91 Å². The van der Waals surface area contributed by atoms with Crippen molar-refractivity contribution in [2.75, 3.05) is 45.3 Å². The second-order valence-electron chi connectivity index (χ2n) is 5.49. The topological polar surface area (TPSA) is 93.9 Å². The fraction of sp³-hybridized carbons (Fsp3) is 0.500. The van der Waals surface area contributed by atoms with Gasteiger partial charge in [-0.1, -0.05) is 6.07 Å². The molecule has 2 amide bonds. The van der Waals surface area contributed by atoms with Crippen LogP contribution in [0.25, 0.3) is 0 Å². The number of halogens is 1. The lowest BCUT2D eigenvalue weighted by Gasteiger charge is -2.27. The number of nitrogens with two attached hydrogens (primary N) is 1. The van der Waals surface area contributed by atoms with Crippen LogP contribution in [0.5, 0.6) is 0 Å². The molecule has 0 bridgehead atoms. The smallest absolute Gasteiger partial charge is 0.254 e. The number of ether oxygens (including phenoxy) is 2. The highest BCUT2D eigenvalue weighted by atomic mass is 35.5. The summed E-state index contributed by atoms with van der Waals surface area (Å²) in [7, 11) is 1.49. The van der Waals surface area contributed by atoms with Crippen molar-refractivity contribution in [2.45, 2.75) is 13.0 Å². The zero-order valence-corrected chi connectivity index (χ0v) is 14.7. The Bertz CT molecular complexity index is 576. The van der Waals surface area contributed by atoms with Gasteiger partial charge in [0.1, 0.15) is 6.04 Å². The summed E-state index contributed by atoms with van der Waals surface area (Å²) >= 11 is 0. The largest absolute Gasteiger partial charge is 0.383 e. The molecule has 0 aliphatic carbocycles. The van der Waals surface area contributed by atoms with Crippen molar-refractivity contribution in [3.8, 4) is 0 Å². The monoisotopic (exact) mass is 357 g/mol. The van der Waals surface area contributed by atoms with E-state index in [1.54, 1.807) is 17.0 Å². The molecular formula is C16H24ClN3O4. The first kappa shape index (κ1) is 20.4. The van der Waals surface area contributed by atoms with E-state index in [0.717, 1.165) is 5.56 Å². The van der Waals surface area contributed by atoms with E-state index in [4.69, 9.17) is 15.2 Å². The molecule has 1 aromatic carbocycles. The first-order chi connectivity index (χ1) is 11.0. The molecule has 1 fully saturated rings. The molecule has 1 aliphatic rings. The number of anilines is 1. The summed E-state index contributed by atoms with van der Waals surface area (Å²) in [5, 5.41) is 2.75. The second kappa shape index (κ2) is 9.58. The van der Waals surface area contributed by atoms with Crippen LogP contribution >= 0.6 is 12.4 Å². The van der Waals surface area contributed by atoms with E-state index in [0.29, 0.717) is 37.6 Å². The Labute approximate surface area is 147 Å². The minimum absolute atomic E-state index is 0. The molecule has 0 radical (unpaired) electrons. The van der Waals surface area contributed by atoms with E-state index >= 15 is 0 Å². The predicted octanol–water partition coefficient (Wildman–Crippen LogP) is 0.801. The summed E-state index contributed by atoms with van der Waals surface area (Å²) in [5.41, 5.74) is 7.70. The van der Waals surface area contributed by atoms with E-state index in [-0.39, 0.29) is 30.8 Å². The zero-order valence-electron chi connectivity index (χ0n) is 13.9. The molecule has 8 heteroatoms. The fourth-order valence-electron chi connectivity index (χ4n) is 2.32. The molecule has 1 aliphatic heterocycles. The van der Waals surface area contributed by atoms with Crippen LogP contribution in [0.4, 0.5) is 5.69 Å². The van der Waals surface area contributed by atoms with Crippen LogP contribution in [-0.4, -0.2) is 62.8 Å². The maximum atomic E-state index is 12.5. The van der Waals surface area contributed by atoms with Gasteiger partial charge in [-0.15, -0.1) is 12.4 Å². The third kappa shape index (κ3) is 5.17. The van der Waals surface area contributed by atoms with Crippen molar-refractivity contribution >= 4 is 29.9 Å². The number of rotatable bonds is 5. The summed E-state index contributed by atoms with van der Waals surface area (Å²) in [6.07, 6.45) is 0. The molecule has 3 N–H and O–H groups in total. The quantitative estimate of drug-likeness (QED) is 0.813. The van der Waals surface area contributed by atoms with E-state index in [1.807, 2.05) is 13.0 Å². The maximum absolute atomic E-state index is 12.5. The van der Waals surface area contributed by atoms with Gasteiger partial charge in [0.25, 0.3) is 5.91 Å². The van der Waals surface area contributed by atoms with Crippen LogP contribution < -0.4 is 11.1 Å². The normalized spacial score (nSPS) is 15.4. The van der Waals surface area contributed by atoms with E-state index in [2.05, 4.69) is 5.32 Å². The molecule has 1 atom stereocenters. The molecule has 1 heterocycles. The Morgan fingerprint density at radius 3 is 2.67 bits per heavy atom. The zero-order chi connectivity index (χ0) is 16.8. The number of carbonyl (C=O) groups is 2. The predicted molar refractivity (Wildman–Crippen MR) is 93.6 cm³/mol. The number of nitrogens with zero attached hydrogens (tertiary/aromatic N) is 1. The Kier molecular flexibility index (Phi) is 8.14. The molecular weight excluding hydrogens is 334 g/mol. The van der Waals surface area contributed by atoms with Crippen LogP contribution in [0.3, 0.4) is 0 Å². The van der Waals surface area contributed by atoms with Gasteiger partial charge in [0.15, 0.2) is 0 Å². The second-order valence-corrected chi connectivity index (χ2v) is 5.49. The number of aryl methyl sites for hydroxylation is 1. The number of benzene rings is 1. The summed E-state index contributed by atoms with van der Waals surface area (Å²) in [6.45, 7) is 4.25. The summed E-state index contributed by atoms with van der Waals surface area (Å²) in [5.74, 6) is -0.407. The van der Waals surface area contributed by atoms with Gasteiger partial charge in [0.05, 0.1) is 19.8 Å². The van der Waals surface area contributed by atoms with Crippen LogP contribution in [-0.2, 0) is 14.3 Å². The fourth-order valence-corrected chi connectivity index (χ4v) is 2.32. The Morgan fingerprint density at radius 1 is 1.38 bits per heavy atom. The number of hydrogen-bond donors (Lipinski definition) is 2. The number of methoxy groups -OCH3 is 1. The molecule has 1 aromatic rings. The number of amides is 2. The van der Waals surface area contributed by atoms with Crippen LogP contribution in [0.15, 0.2) is 18.2 Å². The molecule has 2 rings (SSSR count). The van der Waals surface area contributed by atoms with Gasteiger partial charge < -0.3 is 25.4 Å². The van der Waals surface area contributed by atoms with Gasteiger partial charge in [-0.2, -0.15) is 0 Å². The molecule has 0 spiro atoms. The molecule has 7 nitrogen and oxygen atoms in total. The number of carbonyl (C=O) groups excluding carboxylic acids is 2. The third-order valence-electron chi connectivity index (χ3n) is 3.72. The average molecular weight is 358 g/mol. The Morgan fingerprint density at radius 2 is 2.04 bits per heavy atom. The third-order valence-corrected chi connectivity index (χ3v) is 3.72. The van der Waals surface area contributed by atoms with Crippen molar-refractivity contribution in [1.29, 1.82) is 0 Å². The van der Waals surface area contributed by atoms with Crippen molar-refractivity contribution < 1.29 is 19.1 Å². The Hall–Kier alpha value is -1.67. The number of morpholine rings is 1. The standard InChI is InChI=1S/C16H23N3O4.ClH/c1-11-3-4-12(16(21)19-5-7-23-8-6-19)9-14(11)18-15(20)13(17)10-22-2;/h3-4,9,13H,5-8,10,17H2,1-2H3,(H,18,20);1H. The minimum Gasteiger partial charge on any atom is -0.383 e. The van der Waals surface area contributed by atoms with E-state index < -0.39 is 6.04 Å². The van der Waals surface area contributed by atoms with Crippen molar-refractivity contribution in [1.82, 2.24) is 4.90 Å². The van der Waals surface area contributed by atoms with Crippen molar-refractivity contribution in [3.05, 3.63) is 29.3 Å². The molecule has 0 aromatic heterocycles. The van der Waals surface area contributed by atoms with Crippen LogP contribution in [0.2, 0.25) is 0 Å². The lowest BCUT2D eigenvalue weighted by molar-refractivity contribution is -0.118. The van der Waals surface area contributed by atoms with E-state index in [1.165, 1.54) is 7.11 Å². The SMILES string of the molecule is COCC(N)C(=O)Nc1cc(C(=O)N2CCOCC2)ccc1C.Cl. The highest BCUT2D eigenvalue weighted by Gasteiger charge is 2.20. The minimum atomic E-state index is -0.752. The van der Waals surface area contributed by atoms with Gasteiger partial charge in [-0.05, 0) is 24.6 Å². The van der Waals surface area contributed by atoms with E-state index in [9.17, 15) is 9.59 Å². The molecule has 0 saturated carbocycles. The average Bonchev–Trinajstić information content (AvgIpc) is 2.57. The summed E-state index contributed by atoms with van der Waals surface area (Å²) in [6, 6.07) is 4.51. The molecule has 134 valence electrons. The maximum Gasteiger partial charge on any atom is 0.254 e. The first-order valence-electron chi connectivity index (χ1n) is 7.56. The molecule has 24 heavy (non-hydrogen) atoms. The van der Waals surface area contributed by atoms with Crippen molar-refractivity contribution in [2.24, 2.45) is 5.73 Å². The van der Waals surface area contributed by atoms with Gasteiger partial charge in [-0.25, -0.2) is 0 Å². The molecule has 1 saturated heterocycles. The lowest BCUT2D eigenvalue weighted by atomic mass is 10.1. The highest BCUT2D eigenvalue weighted by Crippen LogP contribution is 2.19. The van der Waals surface area contributed by atoms with Gasteiger partial charge in [-0.3, -0.25) is 9.59 Å². The Balaban J connectivity index is 0.00000288. The number of nitrogens with one attached hydrogen (secondary N) is 1. The van der Waals surface area contributed by atoms with Gasteiger partial charge >= 0.3 is 0 Å². The molecule has 1 unspecified atom stereocenters. The number of hydrogen-bond acceptors (Lipinski definition) is 5. The van der Waals surface area contributed by atoms with Crippen LogP contribution in [0.1, 0.15) is 15.9 Å². The summed E-state index contributed by atoms with van der Waals surface area (Å²) < 4.78 is 10.1. The summed E-state index contributed by atoms with van der Waals surface area (Å²) in [4.78, 5) is 26.3. The van der Waals surface area contributed by atoms with Crippen molar-refractivity contribution in [3.63, 3.8) is 0 Å². The lowest BCUT2D eigenvalue weighted by Crippen LogP contribution is -2.41.